The molecule has 2 aliphatic heterocycles. The molecule has 0 aromatic heterocycles. The van der Waals surface area contributed by atoms with Crippen LogP contribution in [0.15, 0.2) is 42.5 Å². The zero-order valence-electron chi connectivity index (χ0n) is 17.4. The van der Waals surface area contributed by atoms with Gasteiger partial charge in [0.25, 0.3) is 0 Å². The van der Waals surface area contributed by atoms with E-state index in [4.69, 9.17) is 9.47 Å². The van der Waals surface area contributed by atoms with Gasteiger partial charge in [-0.05, 0) is 42.7 Å². The predicted octanol–water partition coefficient (Wildman–Crippen LogP) is 3.40. The Labute approximate surface area is 176 Å². The number of carbonyl (C=O) groups is 2. The summed E-state index contributed by atoms with van der Waals surface area (Å²) >= 11 is 0. The van der Waals surface area contributed by atoms with Gasteiger partial charge < -0.3 is 19.7 Å². The molecule has 2 heterocycles. The molecule has 0 bridgehead atoms. The Balaban J connectivity index is 1.34. The van der Waals surface area contributed by atoms with Crippen LogP contribution in [0.25, 0.3) is 0 Å². The standard InChI is InChI=1S/C23H27N3O4/c1-29-21-8-7-16(13-22(21)30-2)20(27)15-25-11-9-18(10-12-25)26-14-17-5-3-4-6-19(17)24-23(26)28/h3-8,13,18H,9-12,14-15H2,1-2H3,(H,24,28). The van der Waals surface area contributed by atoms with Crippen LogP contribution in [0, 0.1) is 0 Å². The van der Waals surface area contributed by atoms with Crippen molar-refractivity contribution >= 4 is 17.5 Å². The SMILES string of the molecule is COc1ccc(C(=O)CN2CCC(N3Cc4ccccc4NC3=O)CC2)cc1OC. The lowest BCUT2D eigenvalue weighted by atomic mass is 10.00. The van der Waals surface area contributed by atoms with Gasteiger partial charge in [-0.25, -0.2) is 4.79 Å². The minimum Gasteiger partial charge on any atom is -0.493 e. The van der Waals surface area contributed by atoms with Crippen molar-refractivity contribution in [1.29, 1.82) is 0 Å². The van der Waals surface area contributed by atoms with Crippen molar-refractivity contribution in [3.8, 4) is 11.5 Å². The van der Waals surface area contributed by atoms with E-state index in [-0.39, 0.29) is 17.9 Å². The van der Waals surface area contributed by atoms with E-state index in [1.807, 2.05) is 23.1 Å². The van der Waals surface area contributed by atoms with Crippen LogP contribution < -0.4 is 14.8 Å². The first-order valence-corrected chi connectivity index (χ1v) is 10.2. The monoisotopic (exact) mass is 409 g/mol. The molecule has 0 atom stereocenters. The Morgan fingerprint density at radius 3 is 2.53 bits per heavy atom. The summed E-state index contributed by atoms with van der Waals surface area (Å²) in [4.78, 5) is 29.4. The van der Waals surface area contributed by atoms with Gasteiger partial charge in [0.15, 0.2) is 17.3 Å². The van der Waals surface area contributed by atoms with Gasteiger partial charge in [0.2, 0.25) is 0 Å². The van der Waals surface area contributed by atoms with Gasteiger partial charge in [-0.15, -0.1) is 0 Å². The maximum Gasteiger partial charge on any atom is 0.322 e. The number of anilines is 1. The first kappa shape index (κ1) is 20.2. The molecular formula is C23H27N3O4. The Bertz CT molecular complexity index is 938. The molecule has 0 aliphatic carbocycles. The lowest BCUT2D eigenvalue weighted by Gasteiger charge is -2.40. The maximum absolute atomic E-state index is 12.7. The van der Waals surface area contributed by atoms with Crippen LogP contribution in [0.3, 0.4) is 0 Å². The summed E-state index contributed by atoms with van der Waals surface area (Å²) in [6.45, 7) is 2.57. The first-order valence-electron chi connectivity index (χ1n) is 10.2. The number of ketones is 1. The summed E-state index contributed by atoms with van der Waals surface area (Å²) in [6.07, 6.45) is 1.71. The molecule has 7 nitrogen and oxygen atoms in total. The third-order valence-electron chi connectivity index (χ3n) is 5.93. The van der Waals surface area contributed by atoms with Crippen molar-refractivity contribution in [2.45, 2.75) is 25.4 Å². The van der Waals surface area contributed by atoms with Crippen molar-refractivity contribution in [3.05, 3.63) is 53.6 Å². The quantitative estimate of drug-likeness (QED) is 0.741. The van der Waals surface area contributed by atoms with Crippen LogP contribution in [0.1, 0.15) is 28.8 Å². The Morgan fingerprint density at radius 1 is 1.07 bits per heavy atom. The molecule has 30 heavy (non-hydrogen) atoms. The highest BCUT2D eigenvalue weighted by molar-refractivity contribution is 5.98. The maximum atomic E-state index is 12.7. The van der Waals surface area contributed by atoms with E-state index in [2.05, 4.69) is 16.3 Å². The number of nitrogens with one attached hydrogen (secondary N) is 1. The molecule has 1 N–H and O–H groups in total. The molecule has 0 spiro atoms. The number of para-hydroxylation sites is 1. The third-order valence-corrected chi connectivity index (χ3v) is 5.93. The van der Waals surface area contributed by atoms with Crippen LogP contribution in [0.5, 0.6) is 11.5 Å². The number of ether oxygens (including phenoxy) is 2. The van der Waals surface area contributed by atoms with E-state index in [1.165, 1.54) is 0 Å². The van der Waals surface area contributed by atoms with Crippen LogP contribution >= 0.6 is 0 Å². The molecule has 7 heteroatoms. The fourth-order valence-electron chi connectivity index (χ4n) is 4.21. The molecule has 2 aromatic carbocycles. The summed E-state index contributed by atoms with van der Waals surface area (Å²) in [5.41, 5.74) is 2.65. The molecule has 2 amide bonds. The molecule has 4 rings (SSSR count). The average molecular weight is 409 g/mol. The van der Waals surface area contributed by atoms with E-state index in [9.17, 15) is 9.59 Å². The second-order valence-corrected chi connectivity index (χ2v) is 7.72. The number of urea groups is 1. The van der Waals surface area contributed by atoms with E-state index < -0.39 is 0 Å². The van der Waals surface area contributed by atoms with Gasteiger partial charge in [-0.3, -0.25) is 9.69 Å². The van der Waals surface area contributed by atoms with Gasteiger partial charge in [0.05, 0.1) is 20.8 Å². The molecule has 0 saturated carbocycles. The summed E-state index contributed by atoms with van der Waals surface area (Å²) in [7, 11) is 3.14. The van der Waals surface area contributed by atoms with Crippen molar-refractivity contribution in [1.82, 2.24) is 9.80 Å². The van der Waals surface area contributed by atoms with Crippen molar-refractivity contribution in [3.63, 3.8) is 0 Å². The van der Waals surface area contributed by atoms with Gasteiger partial charge in [0, 0.05) is 36.9 Å². The molecule has 2 aliphatic rings. The number of fused-ring (bicyclic) bond motifs is 1. The summed E-state index contributed by atoms with van der Waals surface area (Å²) < 4.78 is 10.5. The molecular weight excluding hydrogens is 382 g/mol. The molecule has 0 unspecified atom stereocenters. The fourth-order valence-corrected chi connectivity index (χ4v) is 4.21. The number of Topliss-reactive ketones (excluding diaryl/α,β-unsaturated/α-hetero) is 1. The van der Waals surface area contributed by atoms with E-state index in [1.54, 1.807) is 32.4 Å². The summed E-state index contributed by atoms with van der Waals surface area (Å²) in [5.74, 6) is 1.22. The second kappa shape index (κ2) is 8.75. The van der Waals surface area contributed by atoms with Crippen LogP contribution in [-0.4, -0.2) is 61.5 Å². The lowest BCUT2D eigenvalue weighted by Crippen LogP contribution is -2.50. The Kier molecular flexibility index (Phi) is 5.90. The number of rotatable bonds is 6. The van der Waals surface area contributed by atoms with Gasteiger partial charge in [-0.1, -0.05) is 18.2 Å². The zero-order chi connectivity index (χ0) is 21.1. The topological polar surface area (TPSA) is 71.1 Å². The van der Waals surface area contributed by atoms with E-state index in [0.717, 1.165) is 37.2 Å². The number of methoxy groups -OCH3 is 2. The van der Waals surface area contributed by atoms with Crippen molar-refractivity contribution in [2.75, 3.05) is 39.2 Å². The van der Waals surface area contributed by atoms with Crippen LogP contribution in [-0.2, 0) is 6.54 Å². The normalized spacial score (nSPS) is 17.3. The number of piperidine rings is 1. The highest BCUT2D eigenvalue weighted by Crippen LogP contribution is 2.29. The Morgan fingerprint density at radius 2 is 1.80 bits per heavy atom. The zero-order valence-corrected chi connectivity index (χ0v) is 17.4. The smallest absolute Gasteiger partial charge is 0.322 e. The molecule has 1 fully saturated rings. The summed E-state index contributed by atoms with van der Waals surface area (Å²) in [5, 5.41) is 2.99. The number of nitrogens with zero attached hydrogens (tertiary/aromatic N) is 2. The number of likely N-dealkylation sites (tertiary alicyclic amines) is 1. The average Bonchev–Trinajstić information content (AvgIpc) is 2.78. The lowest BCUT2D eigenvalue weighted by molar-refractivity contribution is 0.0853. The van der Waals surface area contributed by atoms with Crippen molar-refractivity contribution < 1.29 is 19.1 Å². The largest absolute Gasteiger partial charge is 0.493 e. The van der Waals surface area contributed by atoms with Gasteiger partial charge >= 0.3 is 6.03 Å². The highest BCUT2D eigenvalue weighted by atomic mass is 16.5. The van der Waals surface area contributed by atoms with Crippen molar-refractivity contribution in [2.24, 2.45) is 0 Å². The third kappa shape index (κ3) is 4.11. The Hall–Kier alpha value is -3.06. The molecule has 0 radical (unpaired) electrons. The number of carbonyl (C=O) groups excluding carboxylic acids is 2. The van der Waals surface area contributed by atoms with Crippen LogP contribution in [0.2, 0.25) is 0 Å². The summed E-state index contributed by atoms with van der Waals surface area (Å²) in [6, 6.07) is 13.3. The number of benzene rings is 2. The number of amides is 2. The molecule has 2 aromatic rings. The first-order chi connectivity index (χ1) is 14.6. The number of hydrogen-bond donors (Lipinski definition) is 1. The number of hydrogen-bond acceptors (Lipinski definition) is 5. The van der Waals surface area contributed by atoms with Crippen LogP contribution in [0.4, 0.5) is 10.5 Å². The predicted molar refractivity (Wildman–Crippen MR) is 114 cm³/mol. The van der Waals surface area contributed by atoms with E-state index in [0.29, 0.717) is 30.2 Å². The molecule has 1 saturated heterocycles. The minimum atomic E-state index is -0.0337. The molecule has 158 valence electrons. The minimum absolute atomic E-state index is 0.0337. The van der Waals surface area contributed by atoms with E-state index >= 15 is 0 Å². The second-order valence-electron chi connectivity index (χ2n) is 7.72. The van der Waals surface area contributed by atoms with Gasteiger partial charge in [0.1, 0.15) is 0 Å². The fraction of sp³-hybridized carbons (Fsp3) is 0.391. The highest BCUT2D eigenvalue weighted by Gasteiger charge is 2.31. The van der Waals surface area contributed by atoms with Gasteiger partial charge in [-0.2, -0.15) is 0 Å².